The summed E-state index contributed by atoms with van der Waals surface area (Å²) in [5.41, 5.74) is 3.48. The number of anilines is 1. The Bertz CT molecular complexity index is 1560. The minimum Gasteiger partial charge on any atom is -0.497 e. The number of fused-ring (bicyclic) bond motifs is 2. The molecule has 1 aliphatic heterocycles. The minimum absolute atomic E-state index is 0.195. The Balaban J connectivity index is 1.33. The van der Waals surface area contributed by atoms with Gasteiger partial charge in [-0.1, -0.05) is 23.4 Å². The van der Waals surface area contributed by atoms with Gasteiger partial charge >= 0.3 is 5.97 Å². The summed E-state index contributed by atoms with van der Waals surface area (Å²) in [7, 11) is 1.59. The van der Waals surface area contributed by atoms with Crippen molar-refractivity contribution in [1.29, 1.82) is 0 Å². The van der Waals surface area contributed by atoms with Gasteiger partial charge in [0.25, 0.3) is 5.91 Å². The van der Waals surface area contributed by atoms with Crippen LogP contribution in [0, 0.1) is 0 Å². The predicted molar refractivity (Wildman–Crippen MR) is 151 cm³/mol. The lowest BCUT2D eigenvalue weighted by Gasteiger charge is -2.16. The number of methoxy groups -OCH3 is 1. The number of para-hydroxylation sites is 1. The fourth-order valence-electron chi connectivity index (χ4n) is 4.63. The Morgan fingerprint density at radius 2 is 1.75 bits per heavy atom. The molecule has 0 atom stereocenters. The van der Waals surface area contributed by atoms with E-state index in [9.17, 15) is 9.59 Å². The number of hydrogen-bond donors (Lipinski definition) is 0. The van der Waals surface area contributed by atoms with Crippen molar-refractivity contribution in [2.45, 2.75) is 20.3 Å². The van der Waals surface area contributed by atoms with Crippen molar-refractivity contribution in [3.8, 4) is 22.8 Å². The number of carbonyl (C=O) groups excluding carboxylic acids is 2. The summed E-state index contributed by atoms with van der Waals surface area (Å²) in [6.07, 6.45) is 0.577. The zero-order valence-electron chi connectivity index (χ0n) is 22.6. The van der Waals surface area contributed by atoms with Gasteiger partial charge in [0.15, 0.2) is 5.71 Å². The van der Waals surface area contributed by atoms with Gasteiger partial charge in [0.05, 0.1) is 26.0 Å². The molecular weight excluding hydrogens is 512 g/mol. The van der Waals surface area contributed by atoms with Crippen molar-refractivity contribution >= 4 is 34.2 Å². The molecule has 1 amide bonds. The second-order valence-electron chi connectivity index (χ2n) is 8.95. The lowest BCUT2D eigenvalue weighted by atomic mass is 10.1. The fourth-order valence-corrected chi connectivity index (χ4v) is 4.63. The standard InChI is InChI=1S/C31H30N2O7/c1-4-37-31(35)27-24-19-22(15-16-26(24)40-29(27)20-11-13-21(36-3)14-12-20)38-18-8-17-33-25-10-7-6-9-23(25)28(30(33)34)32-39-5-2/h6-7,9-16,19H,4-5,8,17-18H2,1-3H3/b32-28+. The molecule has 3 aromatic carbocycles. The maximum absolute atomic E-state index is 13.0. The zero-order chi connectivity index (χ0) is 28.1. The highest BCUT2D eigenvalue weighted by Gasteiger charge is 2.34. The molecule has 2 heterocycles. The van der Waals surface area contributed by atoms with Gasteiger partial charge < -0.3 is 28.4 Å². The highest BCUT2D eigenvalue weighted by molar-refractivity contribution is 6.54. The predicted octanol–water partition coefficient (Wildman–Crippen LogP) is 5.84. The molecule has 4 aromatic rings. The van der Waals surface area contributed by atoms with Gasteiger partial charge in [0, 0.05) is 23.1 Å². The summed E-state index contributed by atoms with van der Waals surface area (Å²) in [6, 6.07) is 20.1. The molecule has 0 spiro atoms. The third-order valence-corrected chi connectivity index (χ3v) is 6.47. The average molecular weight is 543 g/mol. The van der Waals surface area contributed by atoms with Gasteiger partial charge in [0.2, 0.25) is 0 Å². The van der Waals surface area contributed by atoms with Gasteiger partial charge in [-0.2, -0.15) is 0 Å². The molecule has 0 bridgehead atoms. The first kappa shape index (κ1) is 26.8. The molecule has 9 heteroatoms. The van der Waals surface area contributed by atoms with E-state index in [0.29, 0.717) is 65.7 Å². The number of oxime groups is 1. The van der Waals surface area contributed by atoms with Gasteiger partial charge in [-0.3, -0.25) is 4.79 Å². The molecule has 1 aliphatic rings. The van der Waals surface area contributed by atoms with Crippen molar-refractivity contribution in [1.82, 2.24) is 0 Å². The summed E-state index contributed by atoms with van der Waals surface area (Å²) in [5, 5.41) is 4.63. The molecule has 1 aromatic heterocycles. The van der Waals surface area contributed by atoms with Crippen LogP contribution in [0.3, 0.4) is 0 Å². The fraction of sp³-hybridized carbons (Fsp3) is 0.258. The highest BCUT2D eigenvalue weighted by atomic mass is 16.6. The number of amides is 1. The summed E-state index contributed by atoms with van der Waals surface area (Å²) in [4.78, 5) is 32.8. The van der Waals surface area contributed by atoms with Crippen LogP contribution in [0.1, 0.15) is 36.2 Å². The van der Waals surface area contributed by atoms with Crippen LogP contribution in [0.25, 0.3) is 22.3 Å². The molecular formula is C31H30N2O7. The van der Waals surface area contributed by atoms with Gasteiger partial charge in [0.1, 0.15) is 35.0 Å². The molecule has 9 nitrogen and oxygen atoms in total. The average Bonchev–Trinajstić information content (AvgIpc) is 3.49. The second-order valence-corrected chi connectivity index (χ2v) is 8.95. The topological polar surface area (TPSA) is 99.8 Å². The van der Waals surface area contributed by atoms with Crippen LogP contribution in [0.4, 0.5) is 5.69 Å². The third kappa shape index (κ3) is 5.22. The minimum atomic E-state index is -0.472. The van der Waals surface area contributed by atoms with Crippen molar-refractivity contribution < 1.29 is 33.1 Å². The number of furan rings is 1. The molecule has 0 aliphatic carbocycles. The Hall–Kier alpha value is -4.79. The molecule has 0 N–H and O–H groups in total. The van der Waals surface area contributed by atoms with Crippen LogP contribution in [0.2, 0.25) is 0 Å². The Kier molecular flexibility index (Phi) is 8.00. The van der Waals surface area contributed by atoms with E-state index in [4.69, 9.17) is 23.5 Å². The van der Waals surface area contributed by atoms with Gasteiger partial charge in [-0.25, -0.2) is 4.79 Å². The van der Waals surface area contributed by atoms with Crippen molar-refractivity contribution in [3.05, 3.63) is 77.9 Å². The lowest BCUT2D eigenvalue weighted by Crippen LogP contribution is -2.31. The SMILES string of the molecule is CCO/N=C1/C(=O)N(CCCOc2ccc3oc(-c4ccc(OC)cc4)c(C(=O)OCC)c3c2)c2ccccc21. The number of carbonyl (C=O) groups is 2. The van der Waals surface area contributed by atoms with Gasteiger partial charge in [-0.05, 0) is 68.8 Å². The van der Waals surface area contributed by atoms with Crippen molar-refractivity contribution in [2.75, 3.05) is 38.4 Å². The molecule has 0 saturated carbocycles. The summed E-state index contributed by atoms with van der Waals surface area (Å²) >= 11 is 0. The number of nitrogens with zero attached hydrogens (tertiary/aromatic N) is 2. The Morgan fingerprint density at radius 1 is 0.975 bits per heavy atom. The zero-order valence-corrected chi connectivity index (χ0v) is 22.6. The largest absolute Gasteiger partial charge is 0.497 e. The first-order chi connectivity index (χ1) is 19.5. The lowest BCUT2D eigenvalue weighted by molar-refractivity contribution is -0.112. The molecule has 0 saturated heterocycles. The number of ether oxygens (including phenoxy) is 3. The smallest absolute Gasteiger partial charge is 0.342 e. The van der Waals surface area contributed by atoms with Crippen LogP contribution in [0.5, 0.6) is 11.5 Å². The molecule has 0 fully saturated rings. The maximum Gasteiger partial charge on any atom is 0.342 e. The van der Waals surface area contributed by atoms with Crippen LogP contribution >= 0.6 is 0 Å². The van der Waals surface area contributed by atoms with E-state index in [1.54, 1.807) is 49.3 Å². The van der Waals surface area contributed by atoms with Crippen LogP contribution in [-0.4, -0.2) is 51.1 Å². The summed E-state index contributed by atoms with van der Waals surface area (Å²) < 4.78 is 22.7. The molecule has 206 valence electrons. The number of esters is 1. The number of benzene rings is 3. The van der Waals surface area contributed by atoms with Crippen molar-refractivity contribution in [3.63, 3.8) is 0 Å². The van der Waals surface area contributed by atoms with E-state index in [1.807, 2.05) is 43.3 Å². The first-order valence-corrected chi connectivity index (χ1v) is 13.2. The first-order valence-electron chi connectivity index (χ1n) is 13.2. The third-order valence-electron chi connectivity index (χ3n) is 6.47. The number of rotatable bonds is 11. The molecule has 5 rings (SSSR count). The van der Waals surface area contributed by atoms with E-state index in [0.717, 1.165) is 16.8 Å². The molecule has 0 radical (unpaired) electrons. The normalized spacial score (nSPS) is 13.5. The maximum atomic E-state index is 13.0. The van der Waals surface area contributed by atoms with E-state index in [2.05, 4.69) is 5.16 Å². The quantitative estimate of drug-likeness (QED) is 0.133. The van der Waals surface area contributed by atoms with E-state index >= 15 is 0 Å². The summed E-state index contributed by atoms with van der Waals surface area (Å²) in [5.74, 6) is 1.03. The highest BCUT2D eigenvalue weighted by Crippen LogP contribution is 2.37. The summed E-state index contributed by atoms with van der Waals surface area (Å²) in [6.45, 7) is 5.00. The van der Waals surface area contributed by atoms with Crippen LogP contribution in [-0.2, 0) is 14.4 Å². The Labute approximate surface area is 231 Å². The van der Waals surface area contributed by atoms with Crippen LogP contribution in [0.15, 0.2) is 76.3 Å². The van der Waals surface area contributed by atoms with E-state index in [-0.39, 0.29) is 12.5 Å². The van der Waals surface area contributed by atoms with Gasteiger partial charge in [-0.15, -0.1) is 0 Å². The van der Waals surface area contributed by atoms with Crippen molar-refractivity contribution in [2.24, 2.45) is 5.16 Å². The van der Waals surface area contributed by atoms with E-state index < -0.39 is 5.97 Å². The Morgan fingerprint density at radius 3 is 2.50 bits per heavy atom. The molecule has 0 unspecified atom stereocenters. The van der Waals surface area contributed by atoms with E-state index in [1.165, 1.54) is 0 Å². The molecule has 40 heavy (non-hydrogen) atoms. The monoisotopic (exact) mass is 542 g/mol. The number of hydrogen-bond acceptors (Lipinski definition) is 8. The second kappa shape index (κ2) is 11.9. The van der Waals surface area contributed by atoms with Crippen LogP contribution < -0.4 is 14.4 Å².